The maximum atomic E-state index is 5.92. The average molecular weight is 211 g/mol. The molecule has 0 spiro atoms. The number of aromatic nitrogens is 4. The van der Waals surface area contributed by atoms with Gasteiger partial charge >= 0.3 is 0 Å². The van der Waals surface area contributed by atoms with Gasteiger partial charge in [-0.1, -0.05) is 13.8 Å². The fourth-order valence-corrected chi connectivity index (χ4v) is 2.05. The third-order valence-electron chi connectivity index (χ3n) is 2.03. The van der Waals surface area contributed by atoms with Crippen LogP contribution in [0.5, 0.6) is 0 Å². The van der Waals surface area contributed by atoms with Gasteiger partial charge in [0.1, 0.15) is 10.7 Å². The topological polar surface area (TPSA) is 72.0 Å². The molecule has 0 fully saturated rings. The molecule has 0 bridgehead atoms. The second-order valence-corrected chi connectivity index (χ2v) is 4.19. The van der Waals surface area contributed by atoms with Crippen LogP contribution in [0, 0.1) is 0 Å². The molecule has 5 nitrogen and oxygen atoms in total. The minimum Gasteiger partial charge on any atom is -0.393 e. The van der Waals surface area contributed by atoms with Crippen LogP contribution in [0.1, 0.15) is 19.7 Å². The Morgan fingerprint density at radius 1 is 1.43 bits per heavy atom. The van der Waals surface area contributed by atoms with Gasteiger partial charge in [0.2, 0.25) is 5.65 Å². The van der Waals surface area contributed by atoms with Crippen LogP contribution in [0.25, 0.3) is 5.65 Å². The Kier molecular flexibility index (Phi) is 2.37. The van der Waals surface area contributed by atoms with E-state index < -0.39 is 0 Å². The lowest BCUT2D eigenvalue weighted by molar-refractivity contribution is 0.807. The van der Waals surface area contributed by atoms with E-state index in [0.717, 1.165) is 28.7 Å². The van der Waals surface area contributed by atoms with Crippen LogP contribution in [0.2, 0.25) is 0 Å². The predicted molar refractivity (Wildman–Crippen MR) is 57.5 cm³/mol. The van der Waals surface area contributed by atoms with Crippen LogP contribution in [0.15, 0.2) is 5.03 Å². The van der Waals surface area contributed by atoms with Gasteiger partial charge in [-0.3, -0.25) is 5.10 Å². The van der Waals surface area contributed by atoms with Gasteiger partial charge in [-0.25, -0.2) is 4.52 Å². The molecule has 0 radical (unpaired) electrons. The molecule has 0 aliphatic rings. The molecule has 2 rings (SSSR count). The number of aryl methyl sites for hydroxylation is 1. The second kappa shape index (κ2) is 3.53. The normalized spacial score (nSPS) is 11.3. The number of fused-ring (bicyclic) bond motifs is 1. The number of thioether (sulfide) groups is 1. The molecular weight excluding hydrogens is 198 g/mol. The Morgan fingerprint density at radius 2 is 2.21 bits per heavy atom. The lowest BCUT2D eigenvalue weighted by Gasteiger charge is -1.94. The summed E-state index contributed by atoms with van der Waals surface area (Å²) in [6, 6.07) is 0. The van der Waals surface area contributed by atoms with Crippen LogP contribution >= 0.6 is 11.8 Å². The van der Waals surface area contributed by atoms with Gasteiger partial charge in [0.05, 0.1) is 0 Å². The van der Waals surface area contributed by atoms with Crippen molar-refractivity contribution in [3.8, 4) is 0 Å². The highest BCUT2D eigenvalue weighted by molar-refractivity contribution is 7.99. The molecule has 0 saturated heterocycles. The molecule has 0 aliphatic carbocycles. The smallest absolute Gasteiger partial charge is 0.201 e. The van der Waals surface area contributed by atoms with E-state index in [1.54, 1.807) is 11.8 Å². The lowest BCUT2D eigenvalue weighted by Crippen LogP contribution is -1.92. The molecule has 0 unspecified atom stereocenters. The van der Waals surface area contributed by atoms with E-state index in [9.17, 15) is 0 Å². The van der Waals surface area contributed by atoms with Crippen LogP contribution in [0.4, 0.5) is 5.69 Å². The summed E-state index contributed by atoms with van der Waals surface area (Å²) in [7, 11) is 0. The lowest BCUT2D eigenvalue weighted by atomic mass is 10.5. The third kappa shape index (κ3) is 1.26. The van der Waals surface area contributed by atoms with E-state index >= 15 is 0 Å². The van der Waals surface area contributed by atoms with Crippen molar-refractivity contribution in [3.63, 3.8) is 0 Å². The van der Waals surface area contributed by atoms with E-state index in [1.807, 2.05) is 11.4 Å². The summed E-state index contributed by atoms with van der Waals surface area (Å²) in [5.74, 6) is 1.90. The van der Waals surface area contributed by atoms with Crippen molar-refractivity contribution in [1.82, 2.24) is 19.8 Å². The Balaban J connectivity index is 2.56. The highest BCUT2D eigenvalue weighted by atomic mass is 32.2. The first-order chi connectivity index (χ1) is 6.77. The largest absolute Gasteiger partial charge is 0.393 e. The number of rotatable bonds is 3. The zero-order valence-electron chi connectivity index (χ0n) is 8.24. The molecule has 0 aromatic carbocycles. The average Bonchev–Trinajstić information content (AvgIpc) is 2.70. The van der Waals surface area contributed by atoms with Crippen molar-refractivity contribution in [2.45, 2.75) is 25.3 Å². The Labute approximate surface area is 86.1 Å². The van der Waals surface area contributed by atoms with Crippen molar-refractivity contribution in [1.29, 1.82) is 0 Å². The molecular formula is C8H13N5S. The summed E-state index contributed by atoms with van der Waals surface area (Å²) in [6.07, 6.45) is 0.845. The van der Waals surface area contributed by atoms with Crippen LogP contribution in [0.3, 0.4) is 0 Å². The highest BCUT2D eigenvalue weighted by Crippen LogP contribution is 2.26. The highest BCUT2D eigenvalue weighted by Gasteiger charge is 2.13. The number of nitrogens with two attached hydrogens (primary N) is 1. The van der Waals surface area contributed by atoms with E-state index in [1.165, 1.54) is 0 Å². The van der Waals surface area contributed by atoms with E-state index in [-0.39, 0.29) is 0 Å². The molecule has 2 aromatic heterocycles. The summed E-state index contributed by atoms with van der Waals surface area (Å²) in [5.41, 5.74) is 7.35. The summed E-state index contributed by atoms with van der Waals surface area (Å²) in [4.78, 5) is 0. The zero-order valence-corrected chi connectivity index (χ0v) is 9.06. The Hall–Kier alpha value is -1.17. The molecule has 0 aliphatic heterocycles. The minimum absolute atomic E-state index is 0.698. The fourth-order valence-electron chi connectivity index (χ4n) is 1.36. The van der Waals surface area contributed by atoms with Crippen molar-refractivity contribution in [2.75, 3.05) is 11.5 Å². The molecule has 0 amide bonds. The molecule has 2 heterocycles. The molecule has 14 heavy (non-hydrogen) atoms. The van der Waals surface area contributed by atoms with Gasteiger partial charge in [0.25, 0.3) is 0 Å². The standard InChI is InChI=1S/C8H13N5S/c1-3-5-10-11-7-6(9)8(14-4-2)12-13(5)7/h12H,3-4,9H2,1-2H3. The number of hydrogen-bond donors (Lipinski definition) is 2. The number of aromatic amines is 1. The Morgan fingerprint density at radius 3 is 2.86 bits per heavy atom. The van der Waals surface area contributed by atoms with Gasteiger partial charge in [-0.2, -0.15) is 0 Å². The molecule has 6 heteroatoms. The number of anilines is 1. The third-order valence-corrected chi connectivity index (χ3v) is 2.92. The van der Waals surface area contributed by atoms with Gasteiger partial charge in [-0.15, -0.1) is 22.0 Å². The number of hydrogen-bond acceptors (Lipinski definition) is 4. The SMILES string of the molecule is CCSc1[nH]n2c(CC)nnc2c1N. The maximum Gasteiger partial charge on any atom is 0.201 e. The molecule has 3 N–H and O–H groups in total. The maximum absolute atomic E-state index is 5.92. The molecule has 0 atom stereocenters. The van der Waals surface area contributed by atoms with Crippen LogP contribution in [-0.4, -0.2) is 25.6 Å². The first-order valence-corrected chi connectivity index (χ1v) is 5.60. The summed E-state index contributed by atoms with van der Waals surface area (Å²) >= 11 is 1.68. The Bertz CT molecular complexity index is 444. The number of nitrogen functional groups attached to an aromatic ring is 1. The van der Waals surface area contributed by atoms with Gasteiger partial charge in [0.15, 0.2) is 5.82 Å². The number of H-pyrrole nitrogens is 1. The van der Waals surface area contributed by atoms with Crippen molar-refractivity contribution in [2.24, 2.45) is 0 Å². The summed E-state index contributed by atoms with van der Waals surface area (Å²) in [6.45, 7) is 4.13. The zero-order chi connectivity index (χ0) is 10.1. The minimum atomic E-state index is 0.698. The van der Waals surface area contributed by atoms with Crippen molar-refractivity contribution in [3.05, 3.63) is 5.82 Å². The molecule has 76 valence electrons. The van der Waals surface area contributed by atoms with Crippen LogP contribution < -0.4 is 5.73 Å². The molecule has 0 saturated carbocycles. The summed E-state index contributed by atoms with van der Waals surface area (Å²) in [5, 5.41) is 12.2. The van der Waals surface area contributed by atoms with Crippen LogP contribution in [-0.2, 0) is 6.42 Å². The van der Waals surface area contributed by atoms with Gasteiger partial charge in [0, 0.05) is 6.42 Å². The van der Waals surface area contributed by atoms with E-state index in [0.29, 0.717) is 5.69 Å². The van der Waals surface area contributed by atoms with Crippen molar-refractivity contribution < 1.29 is 0 Å². The number of nitrogens with one attached hydrogen (secondary N) is 1. The molecule has 2 aromatic rings. The predicted octanol–water partition coefficient (Wildman–Crippen LogP) is 1.31. The number of nitrogens with zero attached hydrogens (tertiary/aromatic N) is 3. The monoisotopic (exact) mass is 211 g/mol. The van der Waals surface area contributed by atoms with Crippen molar-refractivity contribution >= 4 is 23.1 Å². The van der Waals surface area contributed by atoms with Gasteiger partial charge < -0.3 is 5.73 Å². The summed E-state index contributed by atoms with van der Waals surface area (Å²) < 4.78 is 1.85. The quantitative estimate of drug-likeness (QED) is 0.751. The first-order valence-electron chi connectivity index (χ1n) is 4.62. The van der Waals surface area contributed by atoms with Gasteiger partial charge in [-0.05, 0) is 5.75 Å². The first kappa shape index (κ1) is 9.39. The van der Waals surface area contributed by atoms with E-state index in [4.69, 9.17) is 5.73 Å². The van der Waals surface area contributed by atoms with E-state index in [2.05, 4.69) is 22.2 Å². The second-order valence-electron chi connectivity index (χ2n) is 2.92. The fraction of sp³-hybridized carbons (Fsp3) is 0.500.